The van der Waals surface area contributed by atoms with Gasteiger partial charge in [0.25, 0.3) is 0 Å². The van der Waals surface area contributed by atoms with Gasteiger partial charge in [0, 0.05) is 10.6 Å². The van der Waals surface area contributed by atoms with Crippen molar-refractivity contribution in [3.8, 4) is 5.75 Å². The Morgan fingerprint density at radius 1 is 1.10 bits per heavy atom. The summed E-state index contributed by atoms with van der Waals surface area (Å²) in [5, 5.41) is 0. The van der Waals surface area contributed by atoms with Gasteiger partial charge in [0.05, 0.1) is 12.3 Å². The maximum atomic E-state index is 13.4. The molecule has 5 heteroatoms. The predicted octanol–water partition coefficient (Wildman–Crippen LogP) is 4.11. The van der Waals surface area contributed by atoms with Crippen molar-refractivity contribution < 1.29 is 13.5 Å². The summed E-state index contributed by atoms with van der Waals surface area (Å²) in [6, 6.07) is 10.7. The van der Waals surface area contributed by atoms with E-state index in [4.69, 9.17) is 10.5 Å². The van der Waals surface area contributed by atoms with E-state index in [1.165, 1.54) is 17.8 Å². The highest BCUT2D eigenvalue weighted by Gasteiger charge is 2.04. The van der Waals surface area contributed by atoms with Gasteiger partial charge in [0.1, 0.15) is 17.4 Å². The number of benzene rings is 2. The van der Waals surface area contributed by atoms with Gasteiger partial charge >= 0.3 is 0 Å². The first-order chi connectivity index (χ1) is 9.66. The molecule has 0 spiro atoms. The van der Waals surface area contributed by atoms with E-state index in [1.807, 2.05) is 12.1 Å². The Kier molecular flexibility index (Phi) is 5.24. The molecule has 0 aliphatic rings. The molecule has 0 saturated heterocycles. The molecule has 2 N–H and O–H groups in total. The predicted molar refractivity (Wildman–Crippen MR) is 78.0 cm³/mol. The highest BCUT2D eigenvalue weighted by Crippen LogP contribution is 2.24. The lowest BCUT2D eigenvalue weighted by Crippen LogP contribution is -2.01. The van der Waals surface area contributed by atoms with Crippen molar-refractivity contribution in [3.05, 3.63) is 54.1 Å². The number of anilines is 1. The van der Waals surface area contributed by atoms with E-state index in [-0.39, 0.29) is 0 Å². The summed E-state index contributed by atoms with van der Waals surface area (Å²) in [6.07, 6.45) is 0.717. The summed E-state index contributed by atoms with van der Waals surface area (Å²) in [4.78, 5) is 0.323. The van der Waals surface area contributed by atoms with E-state index in [1.54, 1.807) is 12.1 Å². The van der Waals surface area contributed by atoms with Crippen LogP contribution in [0.2, 0.25) is 0 Å². The lowest BCUT2D eigenvalue weighted by Gasteiger charge is -2.08. The quantitative estimate of drug-likeness (QED) is 0.495. The van der Waals surface area contributed by atoms with Gasteiger partial charge in [0.15, 0.2) is 0 Å². The number of nitrogens with two attached hydrogens (primary N) is 1. The average molecular weight is 295 g/mol. The number of hydrogen-bond acceptors (Lipinski definition) is 3. The standard InChI is InChI=1S/C15H15F2NOS/c16-11-6-7-12(17)15(10-11)20-9-3-8-19-14-5-2-1-4-13(14)18/h1-2,4-7,10H,3,8-9,18H2. The minimum absolute atomic E-state index is 0.323. The van der Waals surface area contributed by atoms with Crippen LogP contribution < -0.4 is 10.5 Å². The van der Waals surface area contributed by atoms with Gasteiger partial charge in [-0.3, -0.25) is 0 Å². The van der Waals surface area contributed by atoms with E-state index >= 15 is 0 Å². The molecule has 0 heterocycles. The Morgan fingerprint density at radius 3 is 2.70 bits per heavy atom. The highest BCUT2D eigenvalue weighted by molar-refractivity contribution is 7.99. The summed E-state index contributed by atoms with van der Waals surface area (Å²) in [5.41, 5.74) is 6.34. The monoisotopic (exact) mass is 295 g/mol. The molecule has 0 radical (unpaired) electrons. The average Bonchev–Trinajstić information content (AvgIpc) is 2.44. The molecule has 0 saturated carbocycles. The van der Waals surface area contributed by atoms with Crippen molar-refractivity contribution in [1.29, 1.82) is 0 Å². The minimum atomic E-state index is -0.429. The molecule has 0 atom stereocenters. The fraction of sp³-hybridized carbons (Fsp3) is 0.200. The first-order valence-corrected chi connectivity index (χ1v) is 7.20. The molecule has 106 valence electrons. The third-order valence-electron chi connectivity index (χ3n) is 2.62. The first kappa shape index (κ1) is 14.7. The molecule has 0 aliphatic carbocycles. The molecule has 2 aromatic carbocycles. The van der Waals surface area contributed by atoms with Crippen LogP contribution in [0.3, 0.4) is 0 Å². The number of hydrogen-bond donors (Lipinski definition) is 1. The van der Waals surface area contributed by atoms with Crippen LogP contribution >= 0.6 is 11.8 Å². The van der Waals surface area contributed by atoms with Crippen LogP contribution in [0.1, 0.15) is 6.42 Å². The lowest BCUT2D eigenvalue weighted by atomic mass is 10.3. The Hall–Kier alpha value is -1.75. The highest BCUT2D eigenvalue weighted by atomic mass is 32.2. The van der Waals surface area contributed by atoms with Crippen molar-refractivity contribution in [2.45, 2.75) is 11.3 Å². The van der Waals surface area contributed by atoms with Crippen molar-refractivity contribution in [2.75, 3.05) is 18.1 Å². The minimum Gasteiger partial charge on any atom is -0.491 e. The Balaban J connectivity index is 1.74. The van der Waals surface area contributed by atoms with Crippen LogP contribution in [0.4, 0.5) is 14.5 Å². The molecule has 0 unspecified atom stereocenters. The smallest absolute Gasteiger partial charge is 0.142 e. The molecule has 20 heavy (non-hydrogen) atoms. The molecule has 0 bridgehead atoms. The molecule has 0 aliphatic heterocycles. The van der Waals surface area contributed by atoms with Crippen LogP contribution in [0.25, 0.3) is 0 Å². The van der Waals surface area contributed by atoms with Gasteiger partial charge in [-0.1, -0.05) is 12.1 Å². The molecular weight excluding hydrogens is 280 g/mol. The van der Waals surface area contributed by atoms with Gasteiger partial charge in [-0.25, -0.2) is 8.78 Å². The third-order valence-corrected chi connectivity index (χ3v) is 3.73. The zero-order valence-corrected chi connectivity index (χ0v) is 11.6. The number of rotatable bonds is 6. The third kappa shape index (κ3) is 4.13. The molecule has 0 amide bonds. The molecular formula is C15H15F2NOS. The second-order valence-corrected chi connectivity index (χ2v) is 5.30. The Morgan fingerprint density at radius 2 is 1.90 bits per heavy atom. The van der Waals surface area contributed by atoms with Crippen LogP contribution in [0.15, 0.2) is 47.4 Å². The van der Waals surface area contributed by atoms with E-state index in [9.17, 15) is 8.78 Å². The van der Waals surface area contributed by atoms with Gasteiger partial charge in [-0.05, 0) is 36.8 Å². The molecule has 2 nitrogen and oxygen atoms in total. The number of para-hydroxylation sites is 2. The molecule has 0 fully saturated rings. The molecule has 2 aromatic rings. The molecule has 0 aromatic heterocycles. The van der Waals surface area contributed by atoms with Gasteiger partial charge in [-0.15, -0.1) is 11.8 Å². The van der Waals surface area contributed by atoms with Gasteiger partial charge in [0.2, 0.25) is 0 Å². The summed E-state index contributed by atoms with van der Waals surface area (Å²) >= 11 is 1.27. The number of halogens is 2. The summed E-state index contributed by atoms with van der Waals surface area (Å²) in [6.45, 7) is 0.484. The van der Waals surface area contributed by atoms with Crippen LogP contribution in [0, 0.1) is 11.6 Å². The van der Waals surface area contributed by atoms with Crippen LogP contribution in [-0.4, -0.2) is 12.4 Å². The normalized spacial score (nSPS) is 10.5. The summed E-state index contributed by atoms with van der Waals surface area (Å²) in [5.74, 6) is 0.467. The lowest BCUT2D eigenvalue weighted by molar-refractivity contribution is 0.320. The topological polar surface area (TPSA) is 35.2 Å². The van der Waals surface area contributed by atoms with Gasteiger partial charge in [-0.2, -0.15) is 0 Å². The molecule has 2 rings (SSSR count). The maximum Gasteiger partial charge on any atom is 0.142 e. The number of thioether (sulfide) groups is 1. The second kappa shape index (κ2) is 7.14. The summed E-state index contributed by atoms with van der Waals surface area (Å²) in [7, 11) is 0. The number of ether oxygens (including phenoxy) is 1. The summed E-state index contributed by atoms with van der Waals surface area (Å²) < 4.78 is 31.9. The van der Waals surface area contributed by atoms with Crippen LogP contribution in [-0.2, 0) is 0 Å². The van der Waals surface area contributed by atoms with Crippen molar-refractivity contribution in [3.63, 3.8) is 0 Å². The zero-order valence-electron chi connectivity index (χ0n) is 10.8. The van der Waals surface area contributed by atoms with Crippen molar-refractivity contribution >= 4 is 17.4 Å². The zero-order chi connectivity index (χ0) is 14.4. The fourth-order valence-electron chi connectivity index (χ4n) is 1.62. The SMILES string of the molecule is Nc1ccccc1OCCCSc1cc(F)ccc1F. The van der Waals surface area contributed by atoms with E-state index in [0.29, 0.717) is 28.7 Å². The van der Waals surface area contributed by atoms with E-state index < -0.39 is 11.6 Å². The van der Waals surface area contributed by atoms with Gasteiger partial charge < -0.3 is 10.5 Å². The Labute approximate surface area is 120 Å². The fourth-order valence-corrected chi connectivity index (χ4v) is 2.51. The largest absolute Gasteiger partial charge is 0.491 e. The Bertz CT molecular complexity index is 578. The van der Waals surface area contributed by atoms with E-state index in [0.717, 1.165) is 18.6 Å². The van der Waals surface area contributed by atoms with Crippen molar-refractivity contribution in [2.24, 2.45) is 0 Å². The second-order valence-electron chi connectivity index (χ2n) is 4.16. The van der Waals surface area contributed by atoms with Crippen LogP contribution in [0.5, 0.6) is 5.75 Å². The van der Waals surface area contributed by atoms with Crippen molar-refractivity contribution in [1.82, 2.24) is 0 Å². The maximum absolute atomic E-state index is 13.4. The number of nitrogen functional groups attached to an aromatic ring is 1. The van der Waals surface area contributed by atoms with E-state index in [2.05, 4.69) is 0 Å². The first-order valence-electron chi connectivity index (χ1n) is 6.22.